The fraction of sp³-hybridized carbons (Fsp3) is 0.320. The number of hydrogen-bond acceptors (Lipinski definition) is 3. The molecule has 152 valence electrons. The van der Waals surface area contributed by atoms with Crippen LogP contribution in [-0.4, -0.2) is 27.9 Å². The molecule has 1 fully saturated rings. The quantitative estimate of drug-likeness (QED) is 0.454. The standard InChI is InChI=1S/C25H27BN2O2/c1-6-23-27-21-9-7-8-10-22(21)28(23)20-14-12-17-15-19(13-11-18(17)16-20)26-29-24(2,3)25(4,5)30-26/h7-16H,6H2,1-5H3. The number of imidazole rings is 1. The lowest BCUT2D eigenvalue weighted by atomic mass is 9.78. The minimum absolute atomic E-state index is 0.338. The zero-order chi connectivity index (χ0) is 21.1. The van der Waals surface area contributed by atoms with Crippen LogP contribution >= 0.6 is 0 Å². The summed E-state index contributed by atoms with van der Waals surface area (Å²) in [5.74, 6) is 1.07. The van der Waals surface area contributed by atoms with Crippen LogP contribution < -0.4 is 5.46 Å². The van der Waals surface area contributed by atoms with E-state index in [-0.39, 0.29) is 18.3 Å². The van der Waals surface area contributed by atoms with Crippen molar-refractivity contribution in [3.05, 3.63) is 66.5 Å². The van der Waals surface area contributed by atoms with E-state index in [0.29, 0.717) is 0 Å². The van der Waals surface area contributed by atoms with Gasteiger partial charge >= 0.3 is 7.12 Å². The summed E-state index contributed by atoms with van der Waals surface area (Å²) < 4.78 is 14.7. The molecule has 4 aromatic rings. The number of fused-ring (bicyclic) bond motifs is 2. The van der Waals surface area contributed by atoms with Gasteiger partial charge < -0.3 is 9.31 Å². The number of para-hydroxylation sites is 2. The Kier molecular flexibility index (Phi) is 4.32. The molecule has 0 aliphatic carbocycles. The second kappa shape index (κ2) is 6.69. The Morgan fingerprint density at radius 1 is 0.867 bits per heavy atom. The van der Waals surface area contributed by atoms with Gasteiger partial charge in [-0.15, -0.1) is 0 Å². The molecular weight excluding hydrogens is 371 g/mol. The van der Waals surface area contributed by atoms with E-state index >= 15 is 0 Å². The summed E-state index contributed by atoms with van der Waals surface area (Å²) in [7, 11) is -0.344. The van der Waals surface area contributed by atoms with Gasteiger partial charge in [0.1, 0.15) is 5.82 Å². The SMILES string of the molecule is CCc1nc2ccccc2n1-c1ccc2cc(B3OC(C)(C)C(C)(C)O3)ccc2c1. The normalized spacial score (nSPS) is 17.8. The fourth-order valence-corrected chi connectivity index (χ4v) is 4.12. The molecule has 0 radical (unpaired) electrons. The second-order valence-electron chi connectivity index (χ2n) is 9.08. The van der Waals surface area contributed by atoms with Gasteiger partial charge in [-0.2, -0.15) is 0 Å². The van der Waals surface area contributed by atoms with Gasteiger partial charge in [0.15, 0.2) is 0 Å². The molecule has 2 heterocycles. The average molecular weight is 398 g/mol. The highest BCUT2D eigenvalue weighted by molar-refractivity contribution is 6.62. The predicted octanol–water partition coefficient (Wildman–Crippen LogP) is 5.04. The minimum atomic E-state index is -0.344. The molecule has 1 aliphatic rings. The molecule has 0 unspecified atom stereocenters. The number of aryl methyl sites for hydroxylation is 1. The zero-order valence-corrected chi connectivity index (χ0v) is 18.3. The second-order valence-corrected chi connectivity index (χ2v) is 9.08. The third kappa shape index (κ3) is 2.96. The summed E-state index contributed by atoms with van der Waals surface area (Å²) in [5.41, 5.74) is 3.69. The van der Waals surface area contributed by atoms with Crippen LogP contribution in [-0.2, 0) is 15.7 Å². The molecule has 0 amide bonds. The van der Waals surface area contributed by atoms with Crippen LogP contribution in [0.5, 0.6) is 0 Å². The van der Waals surface area contributed by atoms with Gasteiger partial charge in [-0.3, -0.25) is 4.57 Å². The van der Waals surface area contributed by atoms with E-state index in [1.807, 2.05) is 6.07 Å². The van der Waals surface area contributed by atoms with Crippen LogP contribution in [0.3, 0.4) is 0 Å². The van der Waals surface area contributed by atoms with Gasteiger partial charge in [-0.25, -0.2) is 4.98 Å². The van der Waals surface area contributed by atoms with Gasteiger partial charge in [-0.1, -0.05) is 43.3 Å². The van der Waals surface area contributed by atoms with Crippen molar-refractivity contribution in [1.82, 2.24) is 9.55 Å². The summed E-state index contributed by atoms with van der Waals surface area (Å²) in [6.07, 6.45) is 0.883. The van der Waals surface area contributed by atoms with E-state index in [1.165, 1.54) is 10.8 Å². The predicted molar refractivity (Wildman–Crippen MR) is 124 cm³/mol. The van der Waals surface area contributed by atoms with Gasteiger partial charge in [0.05, 0.1) is 22.2 Å². The molecule has 3 aromatic carbocycles. The van der Waals surface area contributed by atoms with Crippen molar-refractivity contribution in [2.75, 3.05) is 0 Å². The first kappa shape index (κ1) is 19.3. The summed E-state index contributed by atoms with van der Waals surface area (Å²) in [5, 5.41) is 2.36. The maximum atomic E-state index is 6.23. The molecule has 5 heteroatoms. The first-order chi connectivity index (χ1) is 14.3. The average Bonchev–Trinajstić information content (AvgIpc) is 3.20. The Bertz CT molecular complexity index is 1240. The molecule has 0 atom stereocenters. The van der Waals surface area contributed by atoms with Crippen LogP contribution in [0.1, 0.15) is 40.4 Å². The molecule has 0 N–H and O–H groups in total. The Morgan fingerprint density at radius 2 is 1.53 bits per heavy atom. The summed E-state index contributed by atoms with van der Waals surface area (Å²) >= 11 is 0. The Hall–Kier alpha value is -2.63. The van der Waals surface area contributed by atoms with Crippen molar-refractivity contribution in [1.29, 1.82) is 0 Å². The first-order valence-corrected chi connectivity index (χ1v) is 10.7. The van der Waals surface area contributed by atoms with Crippen molar-refractivity contribution in [3.63, 3.8) is 0 Å². The number of benzene rings is 3. The van der Waals surface area contributed by atoms with Crippen LogP contribution in [0.15, 0.2) is 60.7 Å². The summed E-state index contributed by atoms with van der Waals surface area (Å²) in [6.45, 7) is 10.5. The third-order valence-corrected chi connectivity index (χ3v) is 6.58. The smallest absolute Gasteiger partial charge is 0.399 e. The molecule has 5 rings (SSSR count). The molecule has 30 heavy (non-hydrogen) atoms. The Morgan fingerprint density at radius 3 is 2.27 bits per heavy atom. The van der Waals surface area contributed by atoms with E-state index < -0.39 is 0 Å². The number of aromatic nitrogens is 2. The van der Waals surface area contributed by atoms with Crippen LogP contribution in [0.2, 0.25) is 0 Å². The van der Waals surface area contributed by atoms with E-state index in [2.05, 4.69) is 93.8 Å². The van der Waals surface area contributed by atoms with E-state index in [0.717, 1.165) is 34.4 Å². The maximum absolute atomic E-state index is 6.23. The molecule has 1 aliphatic heterocycles. The zero-order valence-electron chi connectivity index (χ0n) is 18.3. The van der Waals surface area contributed by atoms with E-state index in [9.17, 15) is 0 Å². The molecule has 0 bridgehead atoms. The molecule has 1 aromatic heterocycles. The molecule has 0 spiro atoms. The van der Waals surface area contributed by atoms with Crippen LogP contribution in [0.4, 0.5) is 0 Å². The number of rotatable bonds is 3. The third-order valence-electron chi connectivity index (χ3n) is 6.58. The minimum Gasteiger partial charge on any atom is -0.399 e. The lowest BCUT2D eigenvalue weighted by Gasteiger charge is -2.32. The lowest BCUT2D eigenvalue weighted by Crippen LogP contribution is -2.41. The van der Waals surface area contributed by atoms with Crippen molar-refractivity contribution in [2.24, 2.45) is 0 Å². The van der Waals surface area contributed by atoms with Gasteiger partial charge in [0.2, 0.25) is 0 Å². The first-order valence-electron chi connectivity index (χ1n) is 10.7. The van der Waals surface area contributed by atoms with Crippen molar-refractivity contribution in [3.8, 4) is 5.69 Å². The highest BCUT2D eigenvalue weighted by Crippen LogP contribution is 2.36. The largest absolute Gasteiger partial charge is 0.494 e. The Labute approximate surface area is 178 Å². The topological polar surface area (TPSA) is 36.3 Å². The number of nitrogens with zero attached hydrogens (tertiary/aromatic N) is 2. The molecule has 4 nitrogen and oxygen atoms in total. The molecule has 0 saturated carbocycles. The highest BCUT2D eigenvalue weighted by atomic mass is 16.7. The van der Waals surface area contributed by atoms with Crippen molar-refractivity contribution >= 4 is 34.4 Å². The van der Waals surface area contributed by atoms with E-state index in [4.69, 9.17) is 14.3 Å². The highest BCUT2D eigenvalue weighted by Gasteiger charge is 2.51. The lowest BCUT2D eigenvalue weighted by molar-refractivity contribution is 0.00578. The molecular formula is C25H27BN2O2. The monoisotopic (exact) mass is 398 g/mol. The van der Waals surface area contributed by atoms with Crippen molar-refractivity contribution < 1.29 is 9.31 Å². The van der Waals surface area contributed by atoms with E-state index in [1.54, 1.807) is 0 Å². The fourth-order valence-electron chi connectivity index (χ4n) is 4.12. The van der Waals surface area contributed by atoms with Gasteiger partial charge in [0, 0.05) is 12.1 Å². The van der Waals surface area contributed by atoms with Gasteiger partial charge in [-0.05, 0) is 68.2 Å². The molecule has 1 saturated heterocycles. The van der Waals surface area contributed by atoms with Crippen molar-refractivity contribution in [2.45, 2.75) is 52.2 Å². The van der Waals surface area contributed by atoms with Gasteiger partial charge in [0.25, 0.3) is 0 Å². The summed E-state index contributed by atoms with van der Waals surface area (Å²) in [6, 6.07) is 21.3. The van der Waals surface area contributed by atoms with Crippen LogP contribution in [0.25, 0.3) is 27.5 Å². The summed E-state index contributed by atoms with van der Waals surface area (Å²) in [4.78, 5) is 4.81. The Balaban J connectivity index is 1.55. The van der Waals surface area contributed by atoms with Crippen LogP contribution in [0, 0.1) is 0 Å². The number of hydrogen-bond donors (Lipinski definition) is 0. The maximum Gasteiger partial charge on any atom is 0.494 e.